The average Bonchev–Trinajstić information content (AvgIpc) is 2.80. The number of aryl methyl sites for hydroxylation is 2. The molecule has 106 valence electrons. The van der Waals surface area contributed by atoms with Gasteiger partial charge in [0.15, 0.2) is 5.82 Å². The van der Waals surface area contributed by atoms with Gasteiger partial charge in [-0.2, -0.15) is 4.98 Å². The number of aromatic nitrogens is 5. The predicted molar refractivity (Wildman–Crippen MR) is 69.6 cm³/mol. The highest BCUT2D eigenvalue weighted by Crippen LogP contribution is 2.26. The number of nitrogens with one attached hydrogen (secondary N) is 2. The van der Waals surface area contributed by atoms with Crippen molar-refractivity contribution in [1.82, 2.24) is 24.7 Å². The summed E-state index contributed by atoms with van der Waals surface area (Å²) in [5.41, 5.74) is 2.27. The number of hydrazine groups is 1. The first-order chi connectivity index (χ1) is 9.52. The van der Waals surface area contributed by atoms with Crippen LogP contribution in [0, 0.1) is 17.0 Å². The van der Waals surface area contributed by atoms with Crippen LogP contribution in [0.4, 0.5) is 17.5 Å². The van der Waals surface area contributed by atoms with E-state index in [1.807, 2.05) is 0 Å². The van der Waals surface area contributed by atoms with Crippen LogP contribution in [0.25, 0.3) is 0 Å². The molecule has 0 radical (unpaired) electrons. The van der Waals surface area contributed by atoms with Crippen molar-refractivity contribution in [3.8, 4) is 0 Å². The number of anilines is 2. The molecule has 0 amide bonds. The first-order valence-electron chi connectivity index (χ1n) is 5.59. The van der Waals surface area contributed by atoms with E-state index in [0.29, 0.717) is 5.82 Å². The summed E-state index contributed by atoms with van der Waals surface area (Å²) in [5.74, 6) is 6.00. The Morgan fingerprint density at radius 2 is 2.25 bits per heavy atom. The van der Waals surface area contributed by atoms with Crippen molar-refractivity contribution in [1.29, 1.82) is 0 Å². The highest BCUT2D eigenvalue weighted by molar-refractivity contribution is 5.60. The number of rotatable bonds is 5. The maximum absolute atomic E-state index is 11.1. The van der Waals surface area contributed by atoms with Crippen molar-refractivity contribution in [2.75, 3.05) is 10.7 Å². The lowest BCUT2D eigenvalue weighted by atomic mass is 10.3. The standard InChI is InChI=1S/C9H13N9O2/c1-5-7(18(19)20)8(14-9(13-5)15-10)11-3-6-16-12-4-17(6)2/h4H,3,10H2,1-2H3,(H2,11,13,14,15). The van der Waals surface area contributed by atoms with E-state index in [0.717, 1.165) is 0 Å². The Bertz CT molecular complexity index is 638. The van der Waals surface area contributed by atoms with Gasteiger partial charge in [-0.1, -0.05) is 0 Å². The first kappa shape index (κ1) is 13.6. The maximum atomic E-state index is 11.1. The average molecular weight is 279 g/mol. The molecule has 0 aliphatic rings. The molecule has 0 aliphatic heterocycles. The van der Waals surface area contributed by atoms with Crippen LogP contribution in [-0.2, 0) is 13.6 Å². The monoisotopic (exact) mass is 279 g/mol. The SMILES string of the molecule is Cc1nc(NN)nc(NCc2nncn2C)c1[N+](=O)[O-]. The lowest BCUT2D eigenvalue weighted by Crippen LogP contribution is -2.15. The van der Waals surface area contributed by atoms with Crippen LogP contribution in [0.15, 0.2) is 6.33 Å². The van der Waals surface area contributed by atoms with Gasteiger partial charge < -0.3 is 9.88 Å². The molecule has 11 heteroatoms. The van der Waals surface area contributed by atoms with Crippen LogP contribution < -0.4 is 16.6 Å². The molecule has 4 N–H and O–H groups in total. The number of nitro groups is 1. The summed E-state index contributed by atoms with van der Waals surface area (Å²) in [6, 6.07) is 0. The van der Waals surface area contributed by atoms with Crippen molar-refractivity contribution in [2.45, 2.75) is 13.5 Å². The summed E-state index contributed by atoms with van der Waals surface area (Å²) >= 11 is 0. The highest BCUT2D eigenvalue weighted by Gasteiger charge is 2.22. The summed E-state index contributed by atoms with van der Waals surface area (Å²) in [7, 11) is 1.77. The summed E-state index contributed by atoms with van der Waals surface area (Å²) in [4.78, 5) is 18.3. The fourth-order valence-electron chi connectivity index (χ4n) is 1.60. The number of hydrogen-bond acceptors (Lipinski definition) is 9. The molecule has 2 aromatic heterocycles. The van der Waals surface area contributed by atoms with Gasteiger partial charge >= 0.3 is 5.69 Å². The van der Waals surface area contributed by atoms with Crippen molar-refractivity contribution < 1.29 is 4.92 Å². The van der Waals surface area contributed by atoms with Crippen molar-refractivity contribution in [2.24, 2.45) is 12.9 Å². The molecule has 20 heavy (non-hydrogen) atoms. The van der Waals surface area contributed by atoms with Gasteiger partial charge in [-0.3, -0.25) is 15.5 Å². The molecule has 2 rings (SSSR count). The second-order valence-electron chi connectivity index (χ2n) is 3.94. The molecule has 2 heterocycles. The molecule has 0 saturated heterocycles. The zero-order chi connectivity index (χ0) is 14.7. The molecule has 0 saturated carbocycles. The van der Waals surface area contributed by atoms with Crippen LogP contribution in [0.3, 0.4) is 0 Å². The van der Waals surface area contributed by atoms with Gasteiger partial charge in [0.05, 0.1) is 11.5 Å². The molecule has 0 unspecified atom stereocenters. The zero-order valence-electron chi connectivity index (χ0n) is 10.9. The maximum Gasteiger partial charge on any atom is 0.332 e. The van der Waals surface area contributed by atoms with E-state index in [-0.39, 0.29) is 29.7 Å². The van der Waals surface area contributed by atoms with Gasteiger partial charge in [0.2, 0.25) is 11.8 Å². The van der Waals surface area contributed by atoms with E-state index >= 15 is 0 Å². The molecule has 0 aliphatic carbocycles. The molecule has 0 aromatic carbocycles. The van der Waals surface area contributed by atoms with Gasteiger partial charge in [-0.25, -0.2) is 10.8 Å². The number of nitrogens with zero attached hydrogens (tertiary/aromatic N) is 6. The van der Waals surface area contributed by atoms with Crippen molar-refractivity contribution in [3.05, 3.63) is 28.0 Å². The summed E-state index contributed by atoms with van der Waals surface area (Å²) in [5, 5.41) is 21.5. The third-order valence-electron chi connectivity index (χ3n) is 2.59. The number of nitrogen functional groups attached to an aromatic ring is 1. The lowest BCUT2D eigenvalue weighted by molar-refractivity contribution is -0.385. The van der Waals surface area contributed by atoms with Crippen LogP contribution >= 0.6 is 0 Å². The molecule has 2 aromatic rings. The molecular weight excluding hydrogens is 266 g/mol. The van der Waals surface area contributed by atoms with Crippen molar-refractivity contribution in [3.63, 3.8) is 0 Å². The van der Waals surface area contributed by atoms with Gasteiger partial charge in [-0.15, -0.1) is 10.2 Å². The minimum absolute atomic E-state index is 0.0680. The third kappa shape index (κ3) is 2.61. The molecular formula is C9H13N9O2. The normalized spacial score (nSPS) is 10.3. The van der Waals surface area contributed by atoms with Gasteiger partial charge in [0.1, 0.15) is 12.0 Å². The second kappa shape index (κ2) is 5.44. The van der Waals surface area contributed by atoms with Gasteiger partial charge in [-0.05, 0) is 6.92 Å². The third-order valence-corrected chi connectivity index (χ3v) is 2.59. The van der Waals surface area contributed by atoms with E-state index in [1.165, 1.54) is 13.3 Å². The Morgan fingerprint density at radius 3 is 2.80 bits per heavy atom. The van der Waals surface area contributed by atoms with Gasteiger partial charge in [0, 0.05) is 7.05 Å². The van der Waals surface area contributed by atoms with Crippen LogP contribution in [0.2, 0.25) is 0 Å². The highest BCUT2D eigenvalue weighted by atomic mass is 16.6. The van der Waals surface area contributed by atoms with E-state index in [4.69, 9.17) is 5.84 Å². The molecule has 0 fully saturated rings. The van der Waals surface area contributed by atoms with Gasteiger partial charge in [0.25, 0.3) is 0 Å². The van der Waals surface area contributed by atoms with E-state index in [2.05, 4.69) is 30.9 Å². The minimum atomic E-state index is -0.547. The fraction of sp³-hybridized carbons (Fsp3) is 0.333. The Labute approximate surface area is 113 Å². The quantitative estimate of drug-likeness (QED) is 0.381. The Hall–Kier alpha value is -2.82. The summed E-state index contributed by atoms with van der Waals surface area (Å²) in [6.45, 7) is 1.74. The van der Waals surface area contributed by atoms with Crippen molar-refractivity contribution >= 4 is 17.5 Å². The summed E-state index contributed by atoms with van der Waals surface area (Å²) < 4.78 is 1.69. The number of nitrogens with two attached hydrogens (primary N) is 1. The van der Waals surface area contributed by atoms with Crippen LogP contribution in [0.1, 0.15) is 11.5 Å². The zero-order valence-corrected chi connectivity index (χ0v) is 10.9. The lowest BCUT2D eigenvalue weighted by Gasteiger charge is -2.08. The van der Waals surface area contributed by atoms with E-state index in [1.54, 1.807) is 11.6 Å². The Balaban J connectivity index is 2.31. The topological polar surface area (TPSA) is 150 Å². The Kier molecular flexibility index (Phi) is 3.70. The summed E-state index contributed by atoms with van der Waals surface area (Å²) in [6.07, 6.45) is 1.53. The smallest absolute Gasteiger partial charge is 0.332 e. The fourth-order valence-corrected chi connectivity index (χ4v) is 1.60. The molecule has 0 bridgehead atoms. The largest absolute Gasteiger partial charge is 0.357 e. The van der Waals surface area contributed by atoms with E-state index in [9.17, 15) is 10.1 Å². The molecule has 11 nitrogen and oxygen atoms in total. The first-order valence-corrected chi connectivity index (χ1v) is 5.59. The predicted octanol–water partition coefficient (Wildman–Crippen LogP) is -0.281. The van der Waals surface area contributed by atoms with E-state index < -0.39 is 4.92 Å². The molecule has 0 spiro atoms. The van der Waals surface area contributed by atoms with Crippen LogP contribution in [-0.4, -0.2) is 29.7 Å². The minimum Gasteiger partial charge on any atom is -0.357 e. The second-order valence-corrected chi connectivity index (χ2v) is 3.94. The number of hydrogen-bond donors (Lipinski definition) is 3. The molecule has 0 atom stereocenters. The van der Waals surface area contributed by atoms with Crippen LogP contribution in [0.5, 0.6) is 0 Å². The Morgan fingerprint density at radius 1 is 1.50 bits per heavy atom.